The molecule has 1 atom stereocenters. The SMILES string of the molecule is Cc1cc([C@H]2CCCN2C(=O)/C=C\c2cc(C)n(-c3ccccc3)c2C)no1. The van der Waals surface area contributed by atoms with Gasteiger partial charge in [-0.2, -0.15) is 0 Å². The lowest BCUT2D eigenvalue weighted by molar-refractivity contribution is -0.126. The van der Waals surface area contributed by atoms with Crippen molar-refractivity contribution < 1.29 is 9.32 Å². The van der Waals surface area contributed by atoms with E-state index in [0.29, 0.717) is 0 Å². The highest BCUT2D eigenvalue weighted by molar-refractivity contribution is 5.92. The molecule has 1 amide bonds. The van der Waals surface area contributed by atoms with Gasteiger partial charge in [-0.15, -0.1) is 0 Å². The summed E-state index contributed by atoms with van der Waals surface area (Å²) in [7, 11) is 0. The Labute approximate surface area is 165 Å². The lowest BCUT2D eigenvalue weighted by Crippen LogP contribution is -2.29. The molecule has 0 unspecified atom stereocenters. The number of hydrogen-bond acceptors (Lipinski definition) is 3. The number of aromatic nitrogens is 2. The van der Waals surface area contributed by atoms with E-state index in [1.807, 2.05) is 42.2 Å². The van der Waals surface area contributed by atoms with Gasteiger partial charge in [0.15, 0.2) is 0 Å². The number of likely N-dealkylation sites (tertiary alicyclic amines) is 1. The highest BCUT2D eigenvalue weighted by atomic mass is 16.5. The molecule has 3 heterocycles. The molecule has 4 rings (SSSR count). The lowest BCUT2D eigenvalue weighted by Gasteiger charge is -2.21. The summed E-state index contributed by atoms with van der Waals surface area (Å²) in [5.74, 6) is 0.797. The van der Waals surface area contributed by atoms with Crippen molar-refractivity contribution in [2.45, 2.75) is 39.7 Å². The largest absolute Gasteiger partial charge is 0.361 e. The third-order valence-electron chi connectivity index (χ3n) is 5.41. The molecule has 0 bridgehead atoms. The first-order chi connectivity index (χ1) is 13.5. The molecule has 0 spiro atoms. The van der Waals surface area contributed by atoms with Crippen molar-refractivity contribution in [3.63, 3.8) is 0 Å². The minimum absolute atomic E-state index is 0.00588. The fourth-order valence-corrected chi connectivity index (χ4v) is 4.07. The van der Waals surface area contributed by atoms with Crippen molar-refractivity contribution in [3.05, 3.63) is 76.9 Å². The second-order valence-corrected chi connectivity index (χ2v) is 7.38. The smallest absolute Gasteiger partial charge is 0.247 e. The molecule has 144 valence electrons. The first-order valence-electron chi connectivity index (χ1n) is 9.71. The molecule has 0 aliphatic carbocycles. The average molecular weight is 375 g/mol. The molecule has 1 aliphatic rings. The standard InChI is InChI=1S/C23H25N3O2/c1-16-14-19(18(3)26(16)20-8-5-4-6-9-20)11-12-23(27)25-13-7-10-22(25)21-15-17(2)28-24-21/h4-6,8-9,11-12,14-15,22H,7,10,13H2,1-3H3/b12-11-/t22-/m1/s1. The maximum absolute atomic E-state index is 12.9. The van der Waals surface area contributed by atoms with Gasteiger partial charge in [0.1, 0.15) is 11.5 Å². The topological polar surface area (TPSA) is 51.3 Å². The summed E-state index contributed by atoms with van der Waals surface area (Å²) in [5, 5.41) is 4.12. The Bertz CT molecular complexity index is 1010. The van der Waals surface area contributed by atoms with Crippen molar-refractivity contribution in [1.29, 1.82) is 0 Å². The number of rotatable bonds is 4. The molecular formula is C23H25N3O2. The second kappa shape index (κ2) is 7.50. The number of carbonyl (C=O) groups excluding carboxylic acids is 1. The number of benzene rings is 1. The van der Waals surface area contributed by atoms with E-state index in [4.69, 9.17) is 4.52 Å². The van der Waals surface area contributed by atoms with Crippen molar-refractivity contribution in [1.82, 2.24) is 14.6 Å². The van der Waals surface area contributed by atoms with E-state index < -0.39 is 0 Å². The maximum atomic E-state index is 12.9. The highest BCUT2D eigenvalue weighted by Gasteiger charge is 2.31. The number of para-hydroxylation sites is 1. The molecular weight excluding hydrogens is 350 g/mol. The number of amides is 1. The predicted octanol–water partition coefficient (Wildman–Crippen LogP) is 4.77. The quantitative estimate of drug-likeness (QED) is 0.617. The molecule has 28 heavy (non-hydrogen) atoms. The van der Waals surface area contributed by atoms with Gasteiger partial charge in [0, 0.05) is 35.8 Å². The van der Waals surface area contributed by atoms with Crippen LogP contribution in [0.2, 0.25) is 0 Å². The van der Waals surface area contributed by atoms with Crippen LogP contribution in [0.5, 0.6) is 0 Å². The molecule has 2 aromatic heterocycles. The van der Waals surface area contributed by atoms with Crippen LogP contribution in [0.25, 0.3) is 11.8 Å². The summed E-state index contributed by atoms with van der Waals surface area (Å²) in [6.45, 7) is 6.80. The normalized spacial score (nSPS) is 17.0. The molecule has 1 aliphatic heterocycles. The van der Waals surface area contributed by atoms with Crippen LogP contribution in [-0.2, 0) is 4.79 Å². The van der Waals surface area contributed by atoms with Gasteiger partial charge in [0.05, 0.1) is 6.04 Å². The third kappa shape index (κ3) is 3.40. The van der Waals surface area contributed by atoms with Gasteiger partial charge in [-0.25, -0.2) is 0 Å². The lowest BCUT2D eigenvalue weighted by atomic mass is 10.1. The molecule has 5 nitrogen and oxygen atoms in total. The fourth-order valence-electron chi connectivity index (χ4n) is 4.07. The zero-order valence-electron chi connectivity index (χ0n) is 16.6. The Morgan fingerprint density at radius 1 is 1.18 bits per heavy atom. The Balaban J connectivity index is 1.55. The van der Waals surface area contributed by atoms with Gasteiger partial charge < -0.3 is 14.0 Å². The second-order valence-electron chi connectivity index (χ2n) is 7.38. The zero-order chi connectivity index (χ0) is 19.7. The Morgan fingerprint density at radius 3 is 2.68 bits per heavy atom. The van der Waals surface area contributed by atoms with Gasteiger partial charge in [-0.1, -0.05) is 23.4 Å². The summed E-state index contributed by atoms with van der Waals surface area (Å²) in [4.78, 5) is 14.7. The third-order valence-corrected chi connectivity index (χ3v) is 5.41. The van der Waals surface area contributed by atoms with E-state index >= 15 is 0 Å². The Kier molecular flexibility index (Phi) is 4.90. The van der Waals surface area contributed by atoms with Crippen LogP contribution < -0.4 is 0 Å². The summed E-state index contributed by atoms with van der Waals surface area (Å²) in [6, 6.07) is 14.3. The van der Waals surface area contributed by atoms with Gasteiger partial charge in [0.2, 0.25) is 5.91 Å². The van der Waals surface area contributed by atoms with E-state index in [1.165, 1.54) is 0 Å². The Morgan fingerprint density at radius 2 is 1.96 bits per heavy atom. The number of aryl methyl sites for hydroxylation is 2. The number of nitrogens with zero attached hydrogens (tertiary/aromatic N) is 3. The number of hydrogen-bond donors (Lipinski definition) is 0. The molecule has 1 aromatic carbocycles. The van der Waals surface area contributed by atoms with Crippen LogP contribution >= 0.6 is 0 Å². The molecule has 0 saturated carbocycles. The maximum Gasteiger partial charge on any atom is 0.247 e. The first kappa shape index (κ1) is 18.3. The predicted molar refractivity (Wildman–Crippen MR) is 109 cm³/mol. The van der Waals surface area contributed by atoms with E-state index in [0.717, 1.165) is 53.5 Å². The monoisotopic (exact) mass is 375 g/mol. The molecule has 3 aromatic rings. The van der Waals surface area contributed by atoms with Crippen molar-refractivity contribution in [2.75, 3.05) is 6.54 Å². The summed E-state index contributed by atoms with van der Waals surface area (Å²) < 4.78 is 7.41. The minimum Gasteiger partial charge on any atom is -0.361 e. The van der Waals surface area contributed by atoms with E-state index in [2.05, 4.69) is 41.8 Å². The van der Waals surface area contributed by atoms with Crippen LogP contribution in [0, 0.1) is 20.8 Å². The van der Waals surface area contributed by atoms with Gasteiger partial charge >= 0.3 is 0 Å². The van der Waals surface area contributed by atoms with Crippen LogP contribution in [0.4, 0.5) is 0 Å². The summed E-state index contributed by atoms with van der Waals surface area (Å²) >= 11 is 0. The molecule has 5 heteroatoms. The van der Waals surface area contributed by atoms with Crippen LogP contribution in [0.1, 0.15) is 47.3 Å². The van der Waals surface area contributed by atoms with E-state index in [-0.39, 0.29) is 11.9 Å². The van der Waals surface area contributed by atoms with Gasteiger partial charge in [0.25, 0.3) is 0 Å². The van der Waals surface area contributed by atoms with Gasteiger partial charge in [-0.05, 0) is 63.5 Å². The first-order valence-corrected chi connectivity index (χ1v) is 9.71. The van der Waals surface area contributed by atoms with Gasteiger partial charge in [-0.3, -0.25) is 4.79 Å². The highest BCUT2D eigenvalue weighted by Crippen LogP contribution is 2.32. The van der Waals surface area contributed by atoms with E-state index in [1.54, 1.807) is 6.08 Å². The van der Waals surface area contributed by atoms with Crippen LogP contribution in [0.3, 0.4) is 0 Å². The zero-order valence-corrected chi connectivity index (χ0v) is 16.6. The molecule has 0 N–H and O–H groups in total. The van der Waals surface area contributed by atoms with Crippen molar-refractivity contribution in [3.8, 4) is 5.69 Å². The fraction of sp³-hybridized carbons (Fsp3) is 0.304. The minimum atomic E-state index is 0.00588. The Hall–Kier alpha value is -3.08. The summed E-state index contributed by atoms with van der Waals surface area (Å²) in [5.41, 5.74) is 5.30. The van der Waals surface area contributed by atoms with E-state index in [9.17, 15) is 4.79 Å². The van der Waals surface area contributed by atoms with Crippen molar-refractivity contribution >= 4 is 12.0 Å². The summed E-state index contributed by atoms with van der Waals surface area (Å²) in [6.07, 6.45) is 5.52. The van der Waals surface area contributed by atoms with Crippen LogP contribution in [-0.4, -0.2) is 27.1 Å². The molecule has 0 radical (unpaired) electrons. The average Bonchev–Trinajstić information content (AvgIpc) is 3.40. The molecule has 1 fully saturated rings. The number of carbonyl (C=O) groups is 1. The molecule has 1 saturated heterocycles. The van der Waals surface area contributed by atoms with Crippen LogP contribution in [0.15, 0.2) is 53.1 Å². The van der Waals surface area contributed by atoms with Crippen molar-refractivity contribution in [2.24, 2.45) is 0 Å².